The molecule has 1 aliphatic rings. The minimum Gasteiger partial charge on any atom is -0.329 e. The maximum absolute atomic E-state index is 12.6. The van der Waals surface area contributed by atoms with E-state index in [1.54, 1.807) is 25.2 Å². The van der Waals surface area contributed by atoms with Crippen LogP contribution in [-0.2, 0) is 10.0 Å². The van der Waals surface area contributed by atoms with E-state index in [1.165, 1.54) is 4.31 Å². The summed E-state index contributed by atoms with van der Waals surface area (Å²) < 4.78 is 26.5. The van der Waals surface area contributed by atoms with Crippen molar-refractivity contribution >= 4 is 34.0 Å². The normalized spacial score (nSPS) is 16.9. The Morgan fingerprint density at radius 2 is 2.05 bits per heavy atom. The summed E-state index contributed by atoms with van der Waals surface area (Å²) in [5, 5.41) is 0.262. The first-order valence-corrected chi connectivity index (χ1v) is 8.14. The van der Waals surface area contributed by atoms with Crippen LogP contribution in [0.25, 0.3) is 0 Å². The Bertz CT molecular complexity index is 574. The summed E-state index contributed by atoms with van der Waals surface area (Å²) in [4.78, 5) is 0.154. The standard InChI is InChI=1S/C13H19ClN2O2S.ClH/c1-9-3-6-13(11(14)7-9)19(17,18)16(2)12(8-15)10-4-5-10;/h3,6-7,10,12H,4-5,8,15H2,1-2H3;1H. The van der Waals surface area contributed by atoms with Crippen LogP contribution in [0.15, 0.2) is 23.1 Å². The number of hydrogen-bond donors (Lipinski definition) is 1. The van der Waals surface area contributed by atoms with Crippen molar-refractivity contribution in [3.63, 3.8) is 0 Å². The molecular formula is C13H20Cl2N2O2S. The molecule has 1 fully saturated rings. The molecule has 7 heteroatoms. The van der Waals surface area contributed by atoms with Gasteiger partial charge in [-0.1, -0.05) is 17.7 Å². The van der Waals surface area contributed by atoms with Crippen molar-refractivity contribution < 1.29 is 8.42 Å². The fourth-order valence-corrected chi connectivity index (χ4v) is 4.27. The van der Waals surface area contributed by atoms with Crippen molar-refractivity contribution in [3.8, 4) is 0 Å². The molecule has 0 aliphatic heterocycles. The van der Waals surface area contributed by atoms with Gasteiger partial charge in [0.2, 0.25) is 10.0 Å². The highest BCUT2D eigenvalue weighted by atomic mass is 35.5. The molecule has 1 unspecified atom stereocenters. The molecule has 0 heterocycles. The highest BCUT2D eigenvalue weighted by molar-refractivity contribution is 7.89. The minimum absolute atomic E-state index is 0. The number of hydrogen-bond acceptors (Lipinski definition) is 3. The lowest BCUT2D eigenvalue weighted by atomic mass is 10.2. The SMILES string of the molecule is Cc1ccc(S(=O)(=O)N(C)C(CN)C2CC2)c(Cl)c1.Cl. The number of sulfonamides is 1. The number of aryl methyl sites for hydroxylation is 1. The van der Waals surface area contributed by atoms with Gasteiger partial charge in [-0.15, -0.1) is 12.4 Å². The van der Waals surface area contributed by atoms with Gasteiger partial charge in [0.25, 0.3) is 0 Å². The van der Waals surface area contributed by atoms with Crippen LogP contribution < -0.4 is 5.73 Å². The second kappa shape index (κ2) is 6.62. The van der Waals surface area contributed by atoms with Gasteiger partial charge in [0, 0.05) is 19.6 Å². The number of nitrogens with two attached hydrogens (primary N) is 1. The topological polar surface area (TPSA) is 63.4 Å². The Morgan fingerprint density at radius 1 is 1.45 bits per heavy atom. The Balaban J connectivity index is 0.00000200. The molecule has 0 amide bonds. The van der Waals surface area contributed by atoms with Crippen molar-refractivity contribution in [3.05, 3.63) is 28.8 Å². The van der Waals surface area contributed by atoms with Crippen LogP contribution in [0, 0.1) is 12.8 Å². The van der Waals surface area contributed by atoms with E-state index in [4.69, 9.17) is 17.3 Å². The van der Waals surface area contributed by atoms with Crippen molar-refractivity contribution in [2.75, 3.05) is 13.6 Å². The highest BCUT2D eigenvalue weighted by Crippen LogP contribution is 2.37. The third-order valence-electron chi connectivity index (χ3n) is 3.62. The first-order chi connectivity index (χ1) is 8.87. The fraction of sp³-hybridized carbons (Fsp3) is 0.538. The summed E-state index contributed by atoms with van der Waals surface area (Å²) in [6.45, 7) is 2.21. The van der Waals surface area contributed by atoms with Gasteiger partial charge in [-0.2, -0.15) is 4.31 Å². The molecule has 0 radical (unpaired) electrons. The lowest BCUT2D eigenvalue weighted by Gasteiger charge is -2.26. The summed E-state index contributed by atoms with van der Waals surface area (Å²) in [6.07, 6.45) is 2.09. The predicted molar refractivity (Wildman–Crippen MR) is 84.0 cm³/mol. The Labute approximate surface area is 131 Å². The van der Waals surface area contributed by atoms with Crippen LogP contribution in [0.2, 0.25) is 5.02 Å². The van der Waals surface area contributed by atoms with Crippen LogP contribution in [0.4, 0.5) is 0 Å². The molecule has 1 aromatic rings. The number of likely N-dealkylation sites (N-methyl/N-ethyl adjacent to an activating group) is 1. The Morgan fingerprint density at radius 3 is 2.50 bits per heavy atom. The maximum atomic E-state index is 12.6. The maximum Gasteiger partial charge on any atom is 0.244 e. The first kappa shape index (κ1) is 17.7. The summed E-state index contributed by atoms with van der Waals surface area (Å²) in [6, 6.07) is 4.84. The molecule has 0 aromatic heterocycles. The molecule has 114 valence electrons. The van der Waals surface area contributed by atoms with Gasteiger partial charge in [0.05, 0.1) is 5.02 Å². The first-order valence-electron chi connectivity index (χ1n) is 6.32. The van der Waals surface area contributed by atoms with Crippen LogP contribution in [-0.4, -0.2) is 32.4 Å². The van der Waals surface area contributed by atoms with Crippen molar-refractivity contribution in [1.29, 1.82) is 0 Å². The van der Waals surface area contributed by atoms with E-state index in [0.29, 0.717) is 12.5 Å². The van der Waals surface area contributed by atoms with E-state index in [2.05, 4.69) is 0 Å². The van der Waals surface area contributed by atoms with E-state index in [-0.39, 0.29) is 28.4 Å². The van der Waals surface area contributed by atoms with Gasteiger partial charge in [-0.3, -0.25) is 0 Å². The smallest absolute Gasteiger partial charge is 0.244 e. The summed E-state index contributed by atoms with van der Waals surface area (Å²) in [5.74, 6) is 0.383. The zero-order valence-corrected chi connectivity index (χ0v) is 13.9. The average Bonchev–Trinajstić information content (AvgIpc) is 3.13. The van der Waals surface area contributed by atoms with E-state index >= 15 is 0 Å². The molecule has 20 heavy (non-hydrogen) atoms. The second-order valence-corrected chi connectivity index (χ2v) is 7.47. The lowest BCUT2D eigenvalue weighted by Crippen LogP contribution is -2.43. The quantitative estimate of drug-likeness (QED) is 0.896. The average molecular weight is 339 g/mol. The predicted octanol–water partition coefficient (Wildman–Crippen LogP) is 2.43. The Kier molecular flexibility index (Phi) is 5.87. The van der Waals surface area contributed by atoms with E-state index < -0.39 is 10.0 Å². The Hall–Kier alpha value is -0.330. The highest BCUT2D eigenvalue weighted by Gasteiger charge is 2.38. The van der Waals surface area contributed by atoms with Gasteiger partial charge in [0.1, 0.15) is 4.90 Å². The van der Waals surface area contributed by atoms with Crippen LogP contribution in [0.3, 0.4) is 0 Å². The molecule has 4 nitrogen and oxygen atoms in total. The van der Waals surface area contributed by atoms with E-state index in [1.807, 2.05) is 6.92 Å². The number of rotatable bonds is 5. The van der Waals surface area contributed by atoms with Crippen LogP contribution >= 0.6 is 24.0 Å². The molecule has 1 saturated carbocycles. The van der Waals surface area contributed by atoms with Crippen molar-refractivity contribution in [2.24, 2.45) is 11.7 Å². The minimum atomic E-state index is -3.58. The van der Waals surface area contributed by atoms with Gasteiger partial charge >= 0.3 is 0 Å². The van der Waals surface area contributed by atoms with Crippen molar-refractivity contribution in [2.45, 2.75) is 30.7 Å². The van der Waals surface area contributed by atoms with Crippen LogP contribution in [0.1, 0.15) is 18.4 Å². The van der Waals surface area contributed by atoms with Gasteiger partial charge < -0.3 is 5.73 Å². The molecule has 0 bridgehead atoms. The van der Waals surface area contributed by atoms with Gasteiger partial charge in [-0.25, -0.2) is 8.42 Å². The molecule has 1 atom stereocenters. The lowest BCUT2D eigenvalue weighted by molar-refractivity contribution is 0.340. The zero-order chi connectivity index (χ0) is 14.2. The fourth-order valence-electron chi connectivity index (χ4n) is 2.27. The summed E-state index contributed by atoms with van der Waals surface area (Å²) in [7, 11) is -2.00. The molecule has 1 aromatic carbocycles. The number of halogens is 2. The number of benzene rings is 1. The molecule has 2 rings (SSSR count). The zero-order valence-electron chi connectivity index (χ0n) is 11.5. The third-order valence-corrected chi connectivity index (χ3v) is 5.98. The largest absolute Gasteiger partial charge is 0.329 e. The van der Waals surface area contributed by atoms with Gasteiger partial charge in [0.15, 0.2) is 0 Å². The molecule has 0 saturated heterocycles. The summed E-state index contributed by atoms with van der Waals surface area (Å²) >= 11 is 6.06. The molecule has 1 aliphatic carbocycles. The van der Waals surface area contributed by atoms with Crippen LogP contribution in [0.5, 0.6) is 0 Å². The van der Waals surface area contributed by atoms with E-state index in [0.717, 1.165) is 18.4 Å². The number of nitrogens with zero attached hydrogens (tertiary/aromatic N) is 1. The van der Waals surface area contributed by atoms with Gasteiger partial charge in [-0.05, 0) is 43.4 Å². The van der Waals surface area contributed by atoms with Crippen molar-refractivity contribution in [1.82, 2.24) is 4.31 Å². The summed E-state index contributed by atoms with van der Waals surface area (Å²) in [5.41, 5.74) is 6.65. The third kappa shape index (κ3) is 3.46. The monoisotopic (exact) mass is 338 g/mol. The molecule has 2 N–H and O–H groups in total. The molecular weight excluding hydrogens is 319 g/mol. The van der Waals surface area contributed by atoms with E-state index in [9.17, 15) is 8.42 Å². The molecule has 0 spiro atoms. The second-order valence-electron chi connectivity index (χ2n) is 5.10.